The molecule has 1 heterocycles. The van der Waals surface area contributed by atoms with E-state index in [1.54, 1.807) is 35.0 Å². The number of benzene rings is 2. The Morgan fingerprint density at radius 1 is 1.05 bits per heavy atom. The highest BCUT2D eigenvalue weighted by atomic mass is 79.9. The molecule has 106 valence electrons. The molecule has 4 N–H and O–H groups in total. The first-order valence-corrected chi connectivity index (χ1v) is 7.12. The van der Waals surface area contributed by atoms with Crippen LogP contribution >= 0.6 is 27.5 Å². The van der Waals surface area contributed by atoms with Crippen molar-refractivity contribution >= 4 is 38.9 Å². The number of halogens is 2. The molecule has 0 aliphatic carbocycles. The number of nitrogens with two attached hydrogens (primary N) is 2. The average molecular weight is 366 g/mol. The summed E-state index contributed by atoms with van der Waals surface area (Å²) in [5, 5.41) is 12.4. The van der Waals surface area contributed by atoms with Crippen LogP contribution in [0.5, 0.6) is 0 Å². The second kappa shape index (κ2) is 5.34. The standard InChI is InChI=1S/C13H10BrClN6/c14-11-5-8(15)1-2-12(11)21-13(18-19-20-21)7-3-9(16)6-10(17)4-7/h1-6H,16-17H2. The van der Waals surface area contributed by atoms with E-state index in [-0.39, 0.29) is 0 Å². The van der Waals surface area contributed by atoms with E-state index in [1.165, 1.54) is 0 Å². The van der Waals surface area contributed by atoms with E-state index in [4.69, 9.17) is 23.1 Å². The predicted molar refractivity (Wildman–Crippen MR) is 86.1 cm³/mol. The van der Waals surface area contributed by atoms with Gasteiger partial charge in [-0.3, -0.25) is 0 Å². The molecule has 3 aromatic rings. The number of anilines is 2. The maximum atomic E-state index is 5.95. The zero-order chi connectivity index (χ0) is 15.0. The van der Waals surface area contributed by atoms with E-state index in [2.05, 4.69) is 31.5 Å². The van der Waals surface area contributed by atoms with Crippen LogP contribution in [0.3, 0.4) is 0 Å². The predicted octanol–water partition coefficient (Wildman–Crippen LogP) is 2.91. The molecule has 0 aliphatic heterocycles. The van der Waals surface area contributed by atoms with Crippen molar-refractivity contribution < 1.29 is 0 Å². The highest BCUT2D eigenvalue weighted by molar-refractivity contribution is 9.10. The van der Waals surface area contributed by atoms with Gasteiger partial charge in [-0.1, -0.05) is 11.6 Å². The van der Waals surface area contributed by atoms with Crippen molar-refractivity contribution in [2.75, 3.05) is 11.5 Å². The fourth-order valence-corrected chi connectivity index (χ4v) is 2.84. The lowest BCUT2D eigenvalue weighted by Gasteiger charge is -2.08. The van der Waals surface area contributed by atoms with Crippen molar-refractivity contribution in [1.29, 1.82) is 0 Å². The van der Waals surface area contributed by atoms with Gasteiger partial charge in [0.1, 0.15) is 0 Å². The Morgan fingerprint density at radius 2 is 1.76 bits per heavy atom. The minimum Gasteiger partial charge on any atom is -0.399 e. The molecule has 0 saturated heterocycles. The molecule has 0 unspecified atom stereocenters. The molecule has 8 heteroatoms. The van der Waals surface area contributed by atoms with Gasteiger partial charge in [0.25, 0.3) is 0 Å². The van der Waals surface area contributed by atoms with E-state index >= 15 is 0 Å². The first-order valence-electron chi connectivity index (χ1n) is 5.95. The molecule has 1 aromatic heterocycles. The van der Waals surface area contributed by atoms with Crippen LogP contribution in [-0.2, 0) is 0 Å². The van der Waals surface area contributed by atoms with Crippen LogP contribution in [0, 0.1) is 0 Å². The molecule has 2 aromatic carbocycles. The molecule has 0 bridgehead atoms. The lowest BCUT2D eigenvalue weighted by molar-refractivity contribution is 0.789. The molecule has 0 fully saturated rings. The smallest absolute Gasteiger partial charge is 0.187 e. The van der Waals surface area contributed by atoms with Gasteiger partial charge in [-0.2, -0.15) is 4.68 Å². The minimum absolute atomic E-state index is 0.539. The van der Waals surface area contributed by atoms with Gasteiger partial charge in [0.05, 0.1) is 5.69 Å². The van der Waals surface area contributed by atoms with Crippen molar-refractivity contribution in [3.63, 3.8) is 0 Å². The number of tetrazole rings is 1. The highest BCUT2D eigenvalue weighted by Crippen LogP contribution is 2.29. The van der Waals surface area contributed by atoms with Gasteiger partial charge in [-0.25, -0.2) is 0 Å². The third-order valence-corrected chi connectivity index (χ3v) is 3.71. The molecule has 0 amide bonds. The average Bonchev–Trinajstić information content (AvgIpc) is 2.86. The number of nitrogens with zero attached hydrogens (tertiary/aromatic N) is 4. The lowest BCUT2D eigenvalue weighted by Crippen LogP contribution is -2.02. The monoisotopic (exact) mass is 364 g/mol. The van der Waals surface area contributed by atoms with Crippen LogP contribution in [0.25, 0.3) is 17.1 Å². The zero-order valence-electron chi connectivity index (χ0n) is 10.7. The van der Waals surface area contributed by atoms with Crippen LogP contribution in [0.1, 0.15) is 0 Å². The van der Waals surface area contributed by atoms with Crippen LogP contribution < -0.4 is 11.5 Å². The van der Waals surface area contributed by atoms with E-state index in [1.807, 2.05) is 6.07 Å². The van der Waals surface area contributed by atoms with Crippen LogP contribution in [0.4, 0.5) is 11.4 Å². The van der Waals surface area contributed by atoms with Crippen LogP contribution in [-0.4, -0.2) is 20.2 Å². The van der Waals surface area contributed by atoms with Crippen molar-refractivity contribution in [2.24, 2.45) is 0 Å². The molecule has 0 atom stereocenters. The molecule has 0 aliphatic rings. The molecule has 6 nitrogen and oxygen atoms in total. The Bertz CT molecular complexity index is 796. The maximum absolute atomic E-state index is 5.95. The van der Waals surface area contributed by atoms with Gasteiger partial charge < -0.3 is 11.5 Å². The summed E-state index contributed by atoms with van der Waals surface area (Å²) >= 11 is 9.41. The SMILES string of the molecule is Nc1cc(N)cc(-c2nnnn2-c2ccc(Cl)cc2Br)c1. The molecule has 3 rings (SSSR count). The van der Waals surface area contributed by atoms with Gasteiger partial charge >= 0.3 is 0 Å². The summed E-state index contributed by atoms with van der Waals surface area (Å²) in [5.41, 5.74) is 14.2. The van der Waals surface area contributed by atoms with Crippen molar-refractivity contribution in [3.05, 3.63) is 45.9 Å². The number of hydrogen-bond donors (Lipinski definition) is 2. The Morgan fingerprint density at radius 3 is 2.43 bits per heavy atom. The molecule has 0 saturated carbocycles. The van der Waals surface area contributed by atoms with Crippen molar-refractivity contribution in [3.8, 4) is 17.1 Å². The van der Waals surface area contributed by atoms with Gasteiger partial charge in [0, 0.05) is 26.4 Å². The minimum atomic E-state index is 0.539. The molecule has 0 spiro atoms. The lowest BCUT2D eigenvalue weighted by atomic mass is 10.1. The Balaban J connectivity index is 2.17. The zero-order valence-corrected chi connectivity index (χ0v) is 13.0. The summed E-state index contributed by atoms with van der Waals surface area (Å²) in [4.78, 5) is 0. The van der Waals surface area contributed by atoms with Crippen LogP contribution in [0.15, 0.2) is 40.9 Å². The Labute approximate surface area is 133 Å². The summed E-state index contributed by atoms with van der Waals surface area (Å²) in [6.45, 7) is 0. The maximum Gasteiger partial charge on any atom is 0.187 e. The summed E-state index contributed by atoms with van der Waals surface area (Å²) in [6, 6.07) is 10.6. The highest BCUT2D eigenvalue weighted by Gasteiger charge is 2.14. The first kappa shape index (κ1) is 13.8. The second-order valence-corrected chi connectivity index (χ2v) is 5.69. The summed E-state index contributed by atoms with van der Waals surface area (Å²) < 4.78 is 2.37. The normalized spacial score (nSPS) is 10.8. The van der Waals surface area contributed by atoms with Crippen LogP contribution in [0.2, 0.25) is 5.02 Å². The fourth-order valence-electron chi connectivity index (χ4n) is 1.99. The summed E-state index contributed by atoms with van der Waals surface area (Å²) in [5.74, 6) is 0.539. The number of hydrogen-bond acceptors (Lipinski definition) is 5. The largest absolute Gasteiger partial charge is 0.399 e. The second-order valence-electron chi connectivity index (χ2n) is 4.40. The number of aromatic nitrogens is 4. The van der Waals surface area contributed by atoms with E-state index < -0.39 is 0 Å². The topological polar surface area (TPSA) is 95.6 Å². The Kier molecular flexibility index (Phi) is 3.52. The fraction of sp³-hybridized carbons (Fsp3) is 0. The van der Waals surface area contributed by atoms with Crippen molar-refractivity contribution in [2.45, 2.75) is 0 Å². The molecular weight excluding hydrogens is 356 g/mol. The van der Waals surface area contributed by atoms with E-state index in [0.29, 0.717) is 22.2 Å². The quantitative estimate of drug-likeness (QED) is 0.681. The van der Waals surface area contributed by atoms with Crippen molar-refractivity contribution in [1.82, 2.24) is 20.2 Å². The van der Waals surface area contributed by atoms with Gasteiger partial charge in [-0.15, -0.1) is 5.10 Å². The summed E-state index contributed by atoms with van der Waals surface area (Å²) in [7, 11) is 0. The Hall–Kier alpha value is -2.12. The molecular formula is C13H10BrClN6. The van der Waals surface area contributed by atoms with E-state index in [9.17, 15) is 0 Å². The number of rotatable bonds is 2. The first-order chi connectivity index (χ1) is 10.0. The number of nitrogen functional groups attached to an aromatic ring is 2. The van der Waals surface area contributed by atoms with Gasteiger partial charge in [-0.05, 0) is 62.8 Å². The van der Waals surface area contributed by atoms with Gasteiger partial charge in [0.15, 0.2) is 5.82 Å². The molecule has 0 radical (unpaired) electrons. The molecule has 21 heavy (non-hydrogen) atoms. The third-order valence-electron chi connectivity index (χ3n) is 2.84. The third kappa shape index (κ3) is 2.70. The van der Waals surface area contributed by atoms with Gasteiger partial charge in [0.2, 0.25) is 0 Å². The summed E-state index contributed by atoms with van der Waals surface area (Å²) in [6.07, 6.45) is 0. The van der Waals surface area contributed by atoms with E-state index in [0.717, 1.165) is 15.7 Å².